The number of nitrogens with two attached hydrogens (primary N) is 1. The Balaban J connectivity index is 2.14. The molecule has 0 radical (unpaired) electrons. The number of hydrogen-bond acceptors (Lipinski definition) is 4. The monoisotopic (exact) mass is 258 g/mol. The molecule has 3 N–H and O–H groups in total. The van der Waals surface area contributed by atoms with Gasteiger partial charge in [0.05, 0.1) is 12.3 Å². The molecule has 1 aromatic carbocycles. The summed E-state index contributed by atoms with van der Waals surface area (Å²) >= 11 is 1.73. The van der Waals surface area contributed by atoms with Gasteiger partial charge in [-0.1, -0.05) is 18.2 Å². The van der Waals surface area contributed by atoms with Gasteiger partial charge in [-0.15, -0.1) is 11.3 Å². The van der Waals surface area contributed by atoms with Crippen LogP contribution in [0.5, 0.6) is 0 Å². The topological polar surface area (TPSA) is 51.2 Å². The van der Waals surface area contributed by atoms with Crippen molar-refractivity contribution < 1.29 is 4.42 Å². The first-order chi connectivity index (χ1) is 8.79. The first-order valence-corrected chi connectivity index (χ1v) is 6.65. The molecule has 0 fully saturated rings. The first-order valence-electron chi connectivity index (χ1n) is 5.77. The maximum atomic E-state index is 5.72. The van der Waals surface area contributed by atoms with Gasteiger partial charge in [0.25, 0.3) is 0 Å². The SMILES string of the molecule is Cc1cc(C(NN)c2cccc3ccsc23)co1. The molecule has 0 aliphatic carbocycles. The molecule has 0 saturated heterocycles. The number of benzene rings is 1. The zero-order valence-corrected chi connectivity index (χ0v) is 10.8. The Labute approximate surface area is 109 Å². The second-order valence-electron chi connectivity index (χ2n) is 4.28. The molecule has 92 valence electrons. The fourth-order valence-corrected chi connectivity index (χ4v) is 3.17. The van der Waals surface area contributed by atoms with Gasteiger partial charge in [-0.3, -0.25) is 5.84 Å². The van der Waals surface area contributed by atoms with Gasteiger partial charge >= 0.3 is 0 Å². The molecule has 0 amide bonds. The van der Waals surface area contributed by atoms with Crippen LogP contribution < -0.4 is 11.3 Å². The molecule has 0 aliphatic rings. The summed E-state index contributed by atoms with van der Waals surface area (Å²) in [6.07, 6.45) is 1.76. The van der Waals surface area contributed by atoms with Crippen LogP contribution >= 0.6 is 11.3 Å². The Hall–Kier alpha value is -1.62. The standard InChI is InChI=1S/C14H14N2OS/c1-9-7-11(8-17-9)13(16-15)12-4-2-3-10-5-6-18-14(10)12/h2-8,13,16H,15H2,1H3. The smallest absolute Gasteiger partial charge is 0.101 e. The quantitative estimate of drug-likeness (QED) is 0.559. The van der Waals surface area contributed by atoms with Crippen molar-refractivity contribution in [2.24, 2.45) is 5.84 Å². The number of fused-ring (bicyclic) bond motifs is 1. The normalized spacial score (nSPS) is 13.0. The molecule has 0 aliphatic heterocycles. The molecule has 3 rings (SSSR count). The Morgan fingerprint density at radius 3 is 2.94 bits per heavy atom. The fourth-order valence-electron chi connectivity index (χ4n) is 2.22. The van der Waals surface area contributed by atoms with Crippen LogP contribution in [0.25, 0.3) is 10.1 Å². The highest BCUT2D eigenvalue weighted by molar-refractivity contribution is 7.17. The molecular formula is C14H14N2OS. The van der Waals surface area contributed by atoms with Gasteiger partial charge in [0, 0.05) is 10.3 Å². The van der Waals surface area contributed by atoms with E-state index in [9.17, 15) is 0 Å². The van der Waals surface area contributed by atoms with E-state index in [-0.39, 0.29) is 6.04 Å². The third-order valence-corrected chi connectivity index (χ3v) is 4.05. The van der Waals surface area contributed by atoms with Crippen LogP contribution in [0.3, 0.4) is 0 Å². The highest BCUT2D eigenvalue weighted by Crippen LogP contribution is 2.32. The zero-order chi connectivity index (χ0) is 12.5. The van der Waals surface area contributed by atoms with Crippen molar-refractivity contribution in [2.75, 3.05) is 0 Å². The second kappa shape index (κ2) is 4.57. The molecule has 0 spiro atoms. The number of rotatable bonds is 3. The Kier molecular flexibility index (Phi) is 2.91. The van der Waals surface area contributed by atoms with Gasteiger partial charge in [0.15, 0.2) is 0 Å². The van der Waals surface area contributed by atoms with E-state index >= 15 is 0 Å². The van der Waals surface area contributed by atoms with Crippen LogP contribution in [-0.2, 0) is 0 Å². The van der Waals surface area contributed by atoms with Crippen molar-refractivity contribution >= 4 is 21.4 Å². The van der Waals surface area contributed by atoms with Crippen molar-refractivity contribution in [1.29, 1.82) is 0 Å². The molecule has 3 nitrogen and oxygen atoms in total. The van der Waals surface area contributed by atoms with Gasteiger partial charge in [-0.25, -0.2) is 5.43 Å². The number of hydrazine groups is 1. The largest absolute Gasteiger partial charge is 0.469 e. The van der Waals surface area contributed by atoms with E-state index in [0.717, 1.165) is 11.3 Å². The summed E-state index contributed by atoms with van der Waals surface area (Å²) in [5, 5.41) is 3.35. The highest BCUT2D eigenvalue weighted by Gasteiger charge is 2.17. The Morgan fingerprint density at radius 2 is 2.22 bits per heavy atom. The predicted molar refractivity (Wildman–Crippen MR) is 74.4 cm³/mol. The molecule has 0 saturated carbocycles. The minimum atomic E-state index is -0.0372. The molecule has 18 heavy (non-hydrogen) atoms. The van der Waals surface area contributed by atoms with Crippen LogP contribution in [0.2, 0.25) is 0 Å². The summed E-state index contributed by atoms with van der Waals surface area (Å²) in [6, 6.07) is 10.4. The molecule has 2 heterocycles. The van der Waals surface area contributed by atoms with E-state index in [1.54, 1.807) is 17.6 Å². The van der Waals surface area contributed by atoms with E-state index in [0.29, 0.717) is 0 Å². The Morgan fingerprint density at radius 1 is 1.33 bits per heavy atom. The van der Waals surface area contributed by atoms with E-state index in [1.807, 2.05) is 13.0 Å². The van der Waals surface area contributed by atoms with Gasteiger partial charge in [0.2, 0.25) is 0 Å². The maximum Gasteiger partial charge on any atom is 0.101 e. The molecular weight excluding hydrogens is 244 g/mol. The summed E-state index contributed by atoms with van der Waals surface area (Å²) < 4.78 is 6.63. The number of furan rings is 1. The number of aryl methyl sites for hydroxylation is 1. The minimum Gasteiger partial charge on any atom is -0.469 e. The van der Waals surface area contributed by atoms with Crippen molar-refractivity contribution in [3.8, 4) is 0 Å². The lowest BCUT2D eigenvalue weighted by Gasteiger charge is -2.15. The van der Waals surface area contributed by atoms with Crippen molar-refractivity contribution in [3.63, 3.8) is 0 Å². The molecule has 1 unspecified atom stereocenters. The van der Waals surface area contributed by atoms with E-state index in [1.165, 1.54) is 15.6 Å². The summed E-state index contributed by atoms with van der Waals surface area (Å²) in [7, 11) is 0. The molecule has 3 aromatic rings. The summed E-state index contributed by atoms with van der Waals surface area (Å²) in [4.78, 5) is 0. The molecule has 1 atom stereocenters. The average Bonchev–Trinajstić information content (AvgIpc) is 2.99. The van der Waals surface area contributed by atoms with Gasteiger partial charge in [-0.05, 0) is 35.4 Å². The zero-order valence-electron chi connectivity index (χ0n) is 10.0. The minimum absolute atomic E-state index is 0.0372. The van der Waals surface area contributed by atoms with Gasteiger partial charge < -0.3 is 4.42 Å². The van der Waals surface area contributed by atoms with Crippen molar-refractivity contribution in [2.45, 2.75) is 13.0 Å². The lowest BCUT2D eigenvalue weighted by molar-refractivity contribution is 0.526. The van der Waals surface area contributed by atoms with Crippen LogP contribution in [-0.4, -0.2) is 0 Å². The third kappa shape index (κ3) is 1.84. The van der Waals surface area contributed by atoms with E-state index < -0.39 is 0 Å². The first kappa shape index (κ1) is 11.5. The number of hydrogen-bond donors (Lipinski definition) is 2. The van der Waals surface area contributed by atoms with Crippen molar-refractivity contribution in [3.05, 3.63) is 58.9 Å². The fraction of sp³-hybridized carbons (Fsp3) is 0.143. The van der Waals surface area contributed by atoms with Gasteiger partial charge in [0.1, 0.15) is 5.76 Å². The number of nitrogens with one attached hydrogen (secondary N) is 1. The summed E-state index contributed by atoms with van der Waals surface area (Å²) in [5.41, 5.74) is 5.11. The average molecular weight is 258 g/mol. The Bertz CT molecular complexity index is 671. The summed E-state index contributed by atoms with van der Waals surface area (Å²) in [5.74, 6) is 6.61. The predicted octanol–water partition coefficient (Wildman–Crippen LogP) is 3.36. The van der Waals surface area contributed by atoms with E-state index in [4.69, 9.17) is 10.3 Å². The van der Waals surface area contributed by atoms with Crippen molar-refractivity contribution in [1.82, 2.24) is 5.43 Å². The van der Waals surface area contributed by atoms with Crippen LogP contribution in [0, 0.1) is 6.92 Å². The lowest BCUT2D eigenvalue weighted by Crippen LogP contribution is -2.28. The third-order valence-electron chi connectivity index (χ3n) is 3.07. The van der Waals surface area contributed by atoms with Gasteiger partial charge in [-0.2, -0.15) is 0 Å². The van der Waals surface area contributed by atoms with E-state index in [2.05, 4.69) is 35.1 Å². The highest BCUT2D eigenvalue weighted by atomic mass is 32.1. The van der Waals surface area contributed by atoms with Crippen LogP contribution in [0.15, 0.2) is 46.4 Å². The molecule has 0 bridgehead atoms. The lowest BCUT2D eigenvalue weighted by atomic mass is 10.0. The van der Waals surface area contributed by atoms with Crippen LogP contribution in [0.4, 0.5) is 0 Å². The molecule has 2 aromatic heterocycles. The number of thiophene rings is 1. The second-order valence-corrected chi connectivity index (χ2v) is 5.19. The summed E-state index contributed by atoms with van der Waals surface area (Å²) in [6.45, 7) is 1.93. The maximum absolute atomic E-state index is 5.72. The van der Waals surface area contributed by atoms with Crippen LogP contribution in [0.1, 0.15) is 22.9 Å². The molecule has 4 heteroatoms.